The normalized spacial score (nSPS) is 9.73. The molecule has 1 N–H and O–H groups in total. The Balaban J connectivity index is 3.12. The predicted octanol–water partition coefficient (Wildman–Crippen LogP) is 1.84. The van der Waals surface area contributed by atoms with E-state index in [0.717, 1.165) is 17.8 Å². The smallest absolute Gasteiger partial charge is 0.144 e. The second kappa shape index (κ2) is 5.32. The number of hydrogen-bond donors (Lipinski definition) is 1. The SMILES string of the molecule is CCNc1nc(C)c(COC)cc1C#N. The summed E-state index contributed by atoms with van der Waals surface area (Å²) in [5.74, 6) is 0.650. The molecule has 0 spiro atoms. The van der Waals surface area contributed by atoms with Crippen LogP contribution in [-0.4, -0.2) is 18.6 Å². The zero-order valence-electron chi connectivity index (χ0n) is 9.29. The van der Waals surface area contributed by atoms with E-state index in [9.17, 15) is 0 Å². The van der Waals surface area contributed by atoms with Gasteiger partial charge < -0.3 is 10.1 Å². The topological polar surface area (TPSA) is 57.9 Å². The van der Waals surface area contributed by atoms with Crippen LogP contribution in [0.1, 0.15) is 23.7 Å². The Bertz CT molecular complexity index is 382. The zero-order chi connectivity index (χ0) is 11.3. The van der Waals surface area contributed by atoms with Crippen LogP contribution in [0.4, 0.5) is 5.82 Å². The van der Waals surface area contributed by atoms with Crippen LogP contribution in [0.2, 0.25) is 0 Å². The average molecular weight is 205 g/mol. The molecule has 0 radical (unpaired) electrons. The van der Waals surface area contributed by atoms with Gasteiger partial charge in [0, 0.05) is 24.9 Å². The summed E-state index contributed by atoms with van der Waals surface area (Å²) >= 11 is 0. The molecule has 1 heterocycles. The summed E-state index contributed by atoms with van der Waals surface area (Å²) in [5.41, 5.74) is 2.41. The van der Waals surface area contributed by atoms with Gasteiger partial charge in [-0.2, -0.15) is 5.26 Å². The highest BCUT2D eigenvalue weighted by atomic mass is 16.5. The van der Waals surface area contributed by atoms with Gasteiger partial charge in [0.2, 0.25) is 0 Å². The highest BCUT2D eigenvalue weighted by molar-refractivity contribution is 5.54. The Morgan fingerprint density at radius 3 is 2.87 bits per heavy atom. The number of nitrogens with one attached hydrogen (secondary N) is 1. The third kappa shape index (κ3) is 2.67. The molecule has 4 heteroatoms. The maximum absolute atomic E-state index is 8.96. The Kier molecular flexibility index (Phi) is 4.07. The third-order valence-corrected chi connectivity index (χ3v) is 2.08. The summed E-state index contributed by atoms with van der Waals surface area (Å²) in [6, 6.07) is 3.95. The van der Waals surface area contributed by atoms with Crippen molar-refractivity contribution in [3.63, 3.8) is 0 Å². The van der Waals surface area contributed by atoms with Gasteiger partial charge in [0.1, 0.15) is 11.9 Å². The Hall–Kier alpha value is -1.60. The lowest BCUT2D eigenvalue weighted by Crippen LogP contribution is -2.05. The molecule has 0 fully saturated rings. The van der Waals surface area contributed by atoms with E-state index < -0.39 is 0 Å². The molecule has 0 saturated carbocycles. The maximum Gasteiger partial charge on any atom is 0.144 e. The molecule has 1 rings (SSSR count). The minimum Gasteiger partial charge on any atom is -0.380 e. The van der Waals surface area contributed by atoms with Gasteiger partial charge >= 0.3 is 0 Å². The van der Waals surface area contributed by atoms with Crippen molar-refractivity contribution < 1.29 is 4.74 Å². The maximum atomic E-state index is 8.96. The Morgan fingerprint density at radius 2 is 2.33 bits per heavy atom. The molecule has 0 aliphatic carbocycles. The van der Waals surface area contributed by atoms with Crippen molar-refractivity contribution in [1.29, 1.82) is 5.26 Å². The minimum absolute atomic E-state index is 0.486. The number of nitrogens with zero attached hydrogens (tertiary/aromatic N) is 2. The number of nitriles is 1. The van der Waals surface area contributed by atoms with E-state index in [1.165, 1.54) is 0 Å². The highest BCUT2D eigenvalue weighted by Crippen LogP contribution is 2.17. The first-order chi connectivity index (χ1) is 7.22. The van der Waals surface area contributed by atoms with E-state index in [-0.39, 0.29) is 0 Å². The molecule has 0 atom stereocenters. The monoisotopic (exact) mass is 205 g/mol. The van der Waals surface area contributed by atoms with Crippen LogP contribution in [0.3, 0.4) is 0 Å². The van der Waals surface area contributed by atoms with Gasteiger partial charge in [-0.15, -0.1) is 0 Å². The molecule has 0 aliphatic rings. The molecule has 0 saturated heterocycles. The van der Waals surface area contributed by atoms with Crippen molar-refractivity contribution in [2.45, 2.75) is 20.5 Å². The van der Waals surface area contributed by atoms with Gasteiger partial charge in [-0.1, -0.05) is 0 Å². The van der Waals surface area contributed by atoms with E-state index in [0.29, 0.717) is 18.0 Å². The Labute approximate surface area is 89.9 Å². The van der Waals surface area contributed by atoms with E-state index >= 15 is 0 Å². The fourth-order valence-electron chi connectivity index (χ4n) is 1.34. The summed E-state index contributed by atoms with van der Waals surface area (Å²) in [4.78, 5) is 4.34. The molecule has 0 bridgehead atoms. The number of methoxy groups -OCH3 is 1. The van der Waals surface area contributed by atoms with Crippen LogP contribution in [0, 0.1) is 18.3 Å². The molecule has 0 unspecified atom stereocenters. The number of aryl methyl sites for hydroxylation is 1. The van der Waals surface area contributed by atoms with E-state index in [2.05, 4.69) is 16.4 Å². The van der Waals surface area contributed by atoms with Gasteiger partial charge in [-0.05, 0) is 19.9 Å². The van der Waals surface area contributed by atoms with Crippen LogP contribution in [0.5, 0.6) is 0 Å². The van der Waals surface area contributed by atoms with Crippen LogP contribution in [-0.2, 0) is 11.3 Å². The van der Waals surface area contributed by atoms with Crippen LogP contribution in [0.15, 0.2) is 6.07 Å². The fourth-order valence-corrected chi connectivity index (χ4v) is 1.34. The third-order valence-electron chi connectivity index (χ3n) is 2.08. The molecular formula is C11H15N3O. The first kappa shape index (κ1) is 11.5. The standard InChI is InChI=1S/C11H15N3O/c1-4-13-11-9(6-12)5-10(7-15-3)8(2)14-11/h5H,4,7H2,1-3H3,(H,13,14). The average Bonchev–Trinajstić information content (AvgIpc) is 2.22. The highest BCUT2D eigenvalue weighted by Gasteiger charge is 2.07. The number of ether oxygens (including phenoxy) is 1. The van der Waals surface area contributed by atoms with Crippen molar-refractivity contribution in [3.8, 4) is 6.07 Å². The zero-order valence-corrected chi connectivity index (χ0v) is 9.29. The first-order valence-electron chi connectivity index (χ1n) is 4.86. The largest absolute Gasteiger partial charge is 0.380 e. The number of aromatic nitrogens is 1. The fraction of sp³-hybridized carbons (Fsp3) is 0.455. The molecule has 15 heavy (non-hydrogen) atoms. The molecule has 4 nitrogen and oxygen atoms in total. The van der Waals surface area contributed by atoms with Gasteiger partial charge in [0.05, 0.1) is 12.2 Å². The van der Waals surface area contributed by atoms with E-state index in [1.807, 2.05) is 19.9 Å². The molecule has 0 aliphatic heterocycles. The molecule has 1 aromatic rings. The molecule has 0 aromatic carbocycles. The molecule has 0 amide bonds. The van der Waals surface area contributed by atoms with Crippen LogP contribution < -0.4 is 5.32 Å². The number of anilines is 1. The Morgan fingerprint density at radius 1 is 1.60 bits per heavy atom. The minimum atomic E-state index is 0.486. The van der Waals surface area contributed by atoms with Crippen LogP contribution >= 0.6 is 0 Å². The first-order valence-corrected chi connectivity index (χ1v) is 4.86. The number of pyridine rings is 1. The van der Waals surface area contributed by atoms with Gasteiger partial charge in [-0.25, -0.2) is 4.98 Å². The van der Waals surface area contributed by atoms with Crippen molar-refractivity contribution in [2.75, 3.05) is 19.0 Å². The van der Waals surface area contributed by atoms with Crippen molar-refractivity contribution >= 4 is 5.82 Å². The lowest BCUT2D eigenvalue weighted by Gasteiger charge is -2.09. The van der Waals surface area contributed by atoms with E-state index in [1.54, 1.807) is 7.11 Å². The van der Waals surface area contributed by atoms with Crippen molar-refractivity contribution in [3.05, 3.63) is 22.9 Å². The van der Waals surface area contributed by atoms with Gasteiger partial charge in [0.15, 0.2) is 0 Å². The number of rotatable bonds is 4. The quantitative estimate of drug-likeness (QED) is 0.814. The second-order valence-corrected chi connectivity index (χ2v) is 3.20. The summed E-state index contributed by atoms with van der Waals surface area (Å²) in [5, 5.41) is 12.0. The van der Waals surface area contributed by atoms with E-state index in [4.69, 9.17) is 10.00 Å². The second-order valence-electron chi connectivity index (χ2n) is 3.20. The number of hydrogen-bond acceptors (Lipinski definition) is 4. The summed E-state index contributed by atoms with van der Waals surface area (Å²) < 4.78 is 5.04. The molecular weight excluding hydrogens is 190 g/mol. The summed E-state index contributed by atoms with van der Waals surface area (Å²) in [6.07, 6.45) is 0. The molecule has 80 valence electrons. The summed E-state index contributed by atoms with van der Waals surface area (Å²) in [6.45, 7) is 5.13. The van der Waals surface area contributed by atoms with Gasteiger partial charge in [0.25, 0.3) is 0 Å². The van der Waals surface area contributed by atoms with Crippen LogP contribution in [0.25, 0.3) is 0 Å². The van der Waals surface area contributed by atoms with Gasteiger partial charge in [-0.3, -0.25) is 0 Å². The molecule has 1 aromatic heterocycles. The van der Waals surface area contributed by atoms with Crippen molar-refractivity contribution in [2.24, 2.45) is 0 Å². The summed E-state index contributed by atoms with van der Waals surface area (Å²) in [7, 11) is 1.63. The lowest BCUT2D eigenvalue weighted by molar-refractivity contribution is 0.184. The lowest BCUT2D eigenvalue weighted by atomic mass is 10.1. The predicted molar refractivity (Wildman–Crippen MR) is 58.6 cm³/mol. The van der Waals surface area contributed by atoms with Crippen molar-refractivity contribution in [1.82, 2.24) is 4.98 Å².